The minimum absolute atomic E-state index is 0.0312. The van der Waals surface area contributed by atoms with Crippen molar-refractivity contribution in [2.75, 3.05) is 26.3 Å². The van der Waals surface area contributed by atoms with Crippen LogP contribution in [0, 0.1) is 0 Å². The van der Waals surface area contributed by atoms with E-state index in [0.29, 0.717) is 0 Å². The fraction of sp³-hybridized carbons (Fsp3) is 1.00. The second-order valence-corrected chi connectivity index (χ2v) is 10.7. The van der Waals surface area contributed by atoms with Crippen molar-refractivity contribution in [2.45, 2.75) is 6.10 Å². The van der Waals surface area contributed by atoms with E-state index in [4.69, 9.17) is 141 Å². The fourth-order valence-electron chi connectivity index (χ4n) is 5.87. The summed E-state index contributed by atoms with van der Waals surface area (Å²) in [4.78, 5) is 0. The van der Waals surface area contributed by atoms with E-state index >= 15 is 0 Å². The fourth-order valence-corrected chi connectivity index (χ4v) is 5.87. The highest BCUT2D eigenvalue weighted by molar-refractivity contribution is 8.29. The Labute approximate surface area is 280 Å². The molecular weight excluding hydrogens is 463 g/mol. The van der Waals surface area contributed by atoms with Gasteiger partial charge in [0.25, 0.3) is 0 Å². The Bertz CT molecular complexity index is 610. The SMILES string of the molecule is OCC1CNCCO1.[B][B]B(B([B])[B])B(B([B])[B])B(B(B([B])[B])B([B])[B])B(B(B([B])[B])B([B])[B])B(B([B])[B])B([B])[B]. The normalized spacial score (nSPS) is 13.5. The smallest absolute Gasteiger partial charge is 0.0930 e. The summed E-state index contributed by atoms with van der Waals surface area (Å²) < 4.78 is 5.11. The van der Waals surface area contributed by atoms with Crippen LogP contribution in [0.3, 0.4) is 0 Å². The van der Waals surface area contributed by atoms with Crippen LogP contribution in [0.1, 0.15) is 0 Å². The van der Waals surface area contributed by atoms with Crippen molar-refractivity contribution in [2.24, 2.45) is 0 Å². The average molecular weight is 474 g/mol. The van der Waals surface area contributed by atoms with Crippen LogP contribution in [0.25, 0.3) is 0 Å². The average Bonchev–Trinajstić information content (AvgIpc) is 2.84. The molecule has 1 saturated heterocycles. The third-order valence-electron chi connectivity index (χ3n) is 7.65. The van der Waals surface area contributed by atoms with Crippen LogP contribution in [-0.2, 0) is 4.74 Å². The molecule has 1 aliphatic heterocycles. The quantitative estimate of drug-likeness (QED) is 0.219. The monoisotopic (exact) mass is 480 g/mol. The molecule has 0 aliphatic carbocycles. The van der Waals surface area contributed by atoms with Crippen molar-refractivity contribution in [3.8, 4) is 0 Å². The zero-order valence-corrected chi connectivity index (χ0v) is 23.8. The molecule has 0 saturated carbocycles. The van der Waals surface area contributed by atoms with Crippen LogP contribution in [0.2, 0.25) is 0 Å². The molecule has 1 heterocycles. The van der Waals surface area contributed by atoms with Crippen LogP contribution in [0.4, 0.5) is 0 Å². The molecule has 2 N–H and O–H groups in total. The Kier molecular flexibility index (Phi) is 22.8. The molecule has 0 aromatic carbocycles. The molecule has 0 spiro atoms. The highest BCUT2D eigenvalue weighted by atomic mass is 16.5. The molecule has 1 unspecified atom stereocenters. The Morgan fingerprint density at radius 2 is 0.902 bits per heavy atom. The first-order valence-corrected chi connectivity index (χ1v) is 13.5. The van der Waals surface area contributed by atoms with Crippen LogP contribution in [0.15, 0.2) is 0 Å². The predicted octanol–water partition coefficient (Wildman–Crippen LogP) is -13.6. The first-order valence-electron chi connectivity index (χ1n) is 13.5. The van der Waals surface area contributed by atoms with Crippen molar-refractivity contribution in [3.63, 3.8) is 0 Å². The number of nitrogens with one attached hydrogen (secondary N) is 1. The number of aliphatic hydroxyl groups excluding tert-OH is 1. The molecule has 41 heavy (non-hydrogen) atoms. The molecule has 0 bridgehead atoms. The summed E-state index contributed by atoms with van der Waals surface area (Å²) in [7, 11) is 105. The first-order chi connectivity index (χ1) is 19.0. The van der Waals surface area contributed by atoms with Crippen LogP contribution >= 0.6 is 0 Å². The van der Waals surface area contributed by atoms with Gasteiger partial charge in [-0.15, -0.1) is 0 Å². The van der Waals surface area contributed by atoms with E-state index in [9.17, 15) is 0 Å². The Balaban J connectivity index is 0.00000170. The number of aliphatic hydroxyl groups is 1. The van der Waals surface area contributed by atoms with Crippen LogP contribution < -0.4 is 5.32 Å². The highest BCUT2D eigenvalue weighted by Gasteiger charge is 2.53. The Morgan fingerprint density at radius 3 is 1.10 bits per heavy atom. The molecular formula is C5H11B33NO2. The molecule has 1 fully saturated rings. The van der Waals surface area contributed by atoms with Crippen LogP contribution in [0.5, 0.6) is 0 Å². The maximum Gasteiger partial charge on any atom is 0.0930 e. The van der Waals surface area contributed by atoms with Gasteiger partial charge < -0.3 is 15.2 Å². The van der Waals surface area contributed by atoms with Crippen LogP contribution in [-0.4, -0.2) is 272 Å². The number of ether oxygens (including phenoxy) is 1. The predicted molar refractivity (Wildman–Crippen MR) is 220 cm³/mol. The van der Waals surface area contributed by atoms with E-state index in [0.717, 1.165) is 19.7 Å². The molecule has 3 nitrogen and oxygen atoms in total. The molecule has 1 rings (SSSR count). The number of rotatable bonds is 16. The summed E-state index contributed by atoms with van der Waals surface area (Å²) in [5.74, 6) is 0. The van der Waals surface area contributed by atoms with E-state index in [1.807, 2.05) is 0 Å². The molecule has 147 valence electrons. The minimum atomic E-state index is -1.10. The van der Waals surface area contributed by atoms with E-state index in [1.165, 1.54) is 7.06 Å². The lowest BCUT2D eigenvalue weighted by atomic mass is 8.30. The standard InChI is InChI=1S/C5H11NO2.B33/c7-4-5-3-6-1-2-8-5;1-18-27(19(2)3)31(26(16)17)33(30(24(12)13)25(14)15)32(28(20(4)5)21(6)7)29(22(8)9)23(10)11/h5-7H,1-4H2;. The van der Waals surface area contributed by atoms with Crippen molar-refractivity contribution in [1.82, 2.24) is 5.32 Å². The topological polar surface area (TPSA) is 41.5 Å². The third-order valence-corrected chi connectivity index (χ3v) is 7.65. The molecule has 0 amide bonds. The Morgan fingerprint density at radius 1 is 0.561 bits per heavy atom. The van der Waals surface area contributed by atoms with E-state index in [-0.39, 0.29) is 12.7 Å². The number of hydrogen-bond donors (Lipinski definition) is 2. The number of morpholine rings is 1. The lowest BCUT2D eigenvalue weighted by Gasteiger charge is -2.51. The second kappa shape index (κ2) is 21.7. The van der Waals surface area contributed by atoms with Gasteiger partial charge in [-0.25, -0.2) is 0 Å². The maximum atomic E-state index is 8.53. The van der Waals surface area contributed by atoms with Gasteiger partial charge >= 0.3 is 0 Å². The van der Waals surface area contributed by atoms with E-state index < -0.39 is 95.8 Å². The molecule has 1 atom stereocenters. The van der Waals surface area contributed by atoms with Gasteiger partial charge in [-0.1, -0.05) is 0 Å². The summed E-state index contributed by atoms with van der Waals surface area (Å²) in [6.45, 7) is 2.56. The Hall–Kier alpha value is 2.02. The van der Waals surface area contributed by atoms with Gasteiger partial charge in [0, 0.05) is 247 Å². The zero-order valence-electron chi connectivity index (χ0n) is 23.8. The summed E-state index contributed by atoms with van der Waals surface area (Å²) in [6.07, 6.45) is -14.8. The van der Waals surface area contributed by atoms with Gasteiger partial charge in [0.2, 0.25) is 0 Å². The third kappa shape index (κ3) is 13.7. The maximum absolute atomic E-state index is 8.53. The highest BCUT2D eigenvalue weighted by Crippen LogP contribution is 2.15. The van der Waals surface area contributed by atoms with Gasteiger partial charge in [-0.05, 0) is 0 Å². The summed E-state index contributed by atoms with van der Waals surface area (Å²) >= 11 is 0. The minimum Gasteiger partial charge on any atom is -0.394 e. The number of hydrogen-bond acceptors (Lipinski definition) is 3. The second-order valence-electron chi connectivity index (χ2n) is 10.7. The van der Waals surface area contributed by atoms with Gasteiger partial charge in [-0.2, -0.15) is 0 Å². The lowest BCUT2D eigenvalue weighted by molar-refractivity contribution is -0.00618. The molecule has 0 aromatic rings. The van der Waals surface area contributed by atoms with Gasteiger partial charge in [0.05, 0.1) is 19.3 Å². The van der Waals surface area contributed by atoms with E-state index in [1.54, 1.807) is 0 Å². The van der Waals surface area contributed by atoms with Gasteiger partial charge in [0.1, 0.15) is 0 Å². The van der Waals surface area contributed by atoms with Crippen molar-refractivity contribution >= 4 is 234 Å². The van der Waals surface area contributed by atoms with Crippen molar-refractivity contribution in [3.05, 3.63) is 0 Å². The molecule has 36 heteroatoms. The summed E-state index contributed by atoms with van der Waals surface area (Å²) in [5, 5.41) is 11.6. The summed E-state index contributed by atoms with van der Waals surface area (Å²) in [6, 6.07) is 0. The largest absolute Gasteiger partial charge is 0.394 e. The summed E-state index contributed by atoms with van der Waals surface area (Å²) in [5.41, 5.74) is 0. The van der Waals surface area contributed by atoms with E-state index in [2.05, 4.69) is 5.32 Å². The van der Waals surface area contributed by atoms with Gasteiger partial charge in [0.15, 0.2) is 0 Å². The van der Waals surface area contributed by atoms with Crippen molar-refractivity contribution in [1.29, 1.82) is 0 Å². The lowest BCUT2D eigenvalue weighted by Crippen LogP contribution is -2.89. The van der Waals surface area contributed by atoms with Gasteiger partial charge in [-0.3, -0.25) is 0 Å². The molecule has 35 radical (unpaired) electrons. The first kappa shape index (κ1) is 43.0. The molecule has 1 aliphatic rings. The molecule has 0 aromatic heterocycles. The zero-order chi connectivity index (χ0) is 32.2. The van der Waals surface area contributed by atoms with Crippen molar-refractivity contribution < 1.29 is 9.84 Å².